The van der Waals surface area contributed by atoms with Crippen LogP contribution in [0.15, 0.2) is 24.3 Å². The Morgan fingerprint density at radius 2 is 2.08 bits per heavy atom. The first-order valence-corrected chi connectivity index (χ1v) is 9.41. The molecule has 0 amide bonds. The average Bonchev–Trinajstić information content (AvgIpc) is 3.05. The summed E-state index contributed by atoms with van der Waals surface area (Å²) in [6.07, 6.45) is 3.30. The fraction of sp³-hybridized carbons (Fsp3) is 0.684. The number of rotatable bonds is 7. The lowest BCUT2D eigenvalue weighted by Crippen LogP contribution is -2.56. The molecule has 24 heavy (non-hydrogen) atoms. The highest BCUT2D eigenvalue weighted by molar-refractivity contribution is 5.24. The molecule has 0 spiro atoms. The quantitative estimate of drug-likeness (QED) is 0.711. The molecule has 0 radical (unpaired) electrons. The van der Waals surface area contributed by atoms with Crippen molar-refractivity contribution in [2.45, 2.75) is 51.7 Å². The van der Waals surface area contributed by atoms with Gasteiger partial charge in [0.05, 0.1) is 12.3 Å². The van der Waals surface area contributed by atoms with E-state index in [4.69, 9.17) is 4.74 Å². The minimum Gasteiger partial charge on any atom is -0.355 e. The molecule has 2 saturated heterocycles. The Bertz CT molecular complexity index is 493. The Balaban J connectivity index is 1.44. The standard InChI is InChI=1S/C19H32N4O/c1-3-4-10-23-11-9-20-18(14-23)21-13-16-5-7-17(8-6-16)19-22-12-15(2)24-19/h5-8,15,18-22H,3-4,9-14H2,1-2H3. The summed E-state index contributed by atoms with van der Waals surface area (Å²) in [5.74, 6) is 0. The first-order chi connectivity index (χ1) is 11.7. The van der Waals surface area contributed by atoms with Crippen molar-refractivity contribution in [1.29, 1.82) is 0 Å². The van der Waals surface area contributed by atoms with Crippen LogP contribution in [0.3, 0.4) is 0 Å². The van der Waals surface area contributed by atoms with Crippen molar-refractivity contribution >= 4 is 0 Å². The second-order valence-corrected chi connectivity index (χ2v) is 7.02. The van der Waals surface area contributed by atoms with Crippen LogP contribution in [0, 0.1) is 0 Å². The van der Waals surface area contributed by atoms with E-state index in [1.807, 2.05) is 0 Å². The zero-order valence-corrected chi connectivity index (χ0v) is 15.1. The van der Waals surface area contributed by atoms with E-state index in [9.17, 15) is 0 Å². The number of unbranched alkanes of at least 4 members (excludes halogenated alkanes) is 1. The zero-order valence-electron chi connectivity index (χ0n) is 15.1. The lowest BCUT2D eigenvalue weighted by molar-refractivity contribution is 0.0510. The number of nitrogens with zero attached hydrogens (tertiary/aromatic N) is 1. The summed E-state index contributed by atoms with van der Waals surface area (Å²) < 4.78 is 5.84. The molecular weight excluding hydrogens is 300 g/mol. The highest BCUT2D eigenvalue weighted by atomic mass is 16.5. The van der Waals surface area contributed by atoms with Crippen LogP contribution >= 0.6 is 0 Å². The third kappa shape index (κ3) is 5.01. The molecule has 134 valence electrons. The number of ether oxygens (including phenoxy) is 1. The molecule has 2 aliphatic rings. The molecule has 0 saturated carbocycles. The van der Waals surface area contributed by atoms with Crippen LogP contribution in [0.5, 0.6) is 0 Å². The highest BCUT2D eigenvalue weighted by Crippen LogP contribution is 2.21. The first kappa shape index (κ1) is 17.8. The summed E-state index contributed by atoms with van der Waals surface area (Å²) in [7, 11) is 0. The average molecular weight is 332 g/mol. The maximum Gasteiger partial charge on any atom is 0.134 e. The van der Waals surface area contributed by atoms with Gasteiger partial charge in [-0.1, -0.05) is 37.6 Å². The van der Waals surface area contributed by atoms with E-state index in [0.29, 0.717) is 12.3 Å². The van der Waals surface area contributed by atoms with Crippen LogP contribution in [0.1, 0.15) is 44.0 Å². The van der Waals surface area contributed by atoms with Gasteiger partial charge in [-0.2, -0.15) is 0 Å². The summed E-state index contributed by atoms with van der Waals surface area (Å²) in [5, 5.41) is 10.6. The van der Waals surface area contributed by atoms with Crippen molar-refractivity contribution in [2.24, 2.45) is 0 Å². The molecule has 3 unspecified atom stereocenters. The Labute approximate surface area is 146 Å². The summed E-state index contributed by atoms with van der Waals surface area (Å²) in [6.45, 7) is 10.7. The maximum absolute atomic E-state index is 5.84. The molecule has 0 bridgehead atoms. The third-order valence-corrected chi connectivity index (χ3v) is 4.88. The van der Waals surface area contributed by atoms with E-state index in [1.54, 1.807) is 0 Å². The lowest BCUT2D eigenvalue weighted by Gasteiger charge is -2.34. The van der Waals surface area contributed by atoms with Gasteiger partial charge in [0, 0.05) is 32.7 Å². The predicted molar refractivity (Wildman–Crippen MR) is 97.7 cm³/mol. The number of piperazine rings is 1. The summed E-state index contributed by atoms with van der Waals surface area (Å²) in [4.78, 5) is 2.56. The molecule has 2 aliphatic heterocycles. The Hall–Kier alpha value is -0.980. The van der Waals surface area contributed by atoms with Crippen LogP contribution < -0.4 is 16.0 Å². The molecule has 2 fully saturated rings. The van der Waals surface area contributed by atoms with Crippen molar-refractivity contribution in [2.75, 3.05) is 32.7 Å². The monoisotopic (exact) mass is 332 g/mol. The highest BCUT2D eigenvalue weighted by Gasteiger charge is 2.22. The zero-order chi connectivity index (χ0) is 16.8. The predicted octanol–water partition coefficient (Wildman–Crippen LogP) is 1.81. The van der Waals surface area contributed by atoms with Crippen LogP contribution in [0.2, 0.25) is 0 Å². The molecule has 1 aromatic carbocycles. The first-order valence-electron chi connectivity index (χ1n) is 9.41. The second kappa shape index (κ2) is 8.92. The van der Waals surface area contributed by atoms with Gasteiger partial charge in [0.1, 0.15) is 6.23 Å². The van der Waals surface area contributed by atoms with Crippen LogP contribution in [0.4, 0.5) is 0 Å². The third-order valence-electron chi connectivity index (χ3n) is 4.88. The molecule has 1 aromatic rings. The van der Waals surface area contributed by atoms with Crippen LogP contribution in [-0.4, -0.2) is 49.9 Å². The number of hydrogen-bond acceptors (Lipinski definition) is 5. The van der Waals surface area contributed by atoms with Gasteiger partial charge in [-0.3, -0.25) is 20.9 Å². The molecule has 5 heteroatoms. The SMILES string of the molecule is CCCCN1CCNC(NCc2ccc(C3NCC(C)O3)cc2)C1. The van der Waals surface area contributed by atoms with Gasteiger partial charge in [0.2, 0.25) is 0 Å². The van der Waals surface area contributed by atoms with Gasteiger partial charge in [-0.25, -0.2) is 0 Å². The van der Waals surface area contributed by atoms with E-state index in [-0.39, 0.29) is 6.23 Å². The van der Waals surface area contributed by atoms with Gasteiger partial charge in [0.15, 0.2) is 0 Å². The fourth-order valence-electron chi connectivity index (χ4n) is 3.38. The van der Waals surface area contributed by atoms with Crippen LogP contribution in [-0.2, 0) is 11.3 Å². The molecule has 5 nitrogen and oxygen atoms in total. The molecule has 2 heterocycles. The van der Waals surface area contributed by atoms with E-state index < -0.39 is 0 Å². The number of hydrogen-bond donors (Lipinski definition) is 3. The van der Waals surface area contributed by atoms with E-state index in [1.165, 1.54) is 37.1 Å². The second-order valence-electron chi connectivity index (χ2n) is 7.02. The van der Waals surface area contributed by atoms with E-state index in [2.05, 4.69) is 59.0 Å². The topological polar surface area (TPSA) is 48.6 Å². The fourth-order valence-corrected chi connectivity index (χ4v) is 3.38. The normalized spacial score (nSPS) is 28.3. The molecule has 3 N–H and O–H groups in total. The molecular formula is C19H32N4O. The van der Waals surface area contributed by atoms with Gasteiger partial charge >= 0.3 is 0 Å². The van der Waals surface area contributed by atoms with Crippen molar-refractivity contribution in [1.82, 2.24) is 20.9 Å². The molecule has 0 aromatic heterocycles. The van der Waals surface area contributed by atoms with Gasteiger partial charge in [0.25, 0.3) is 0 Å². The van der Waals surface area contributed by atoms with E-state index in [0.717, 1.165) is 26.2 Å². The van der Waals surface area contributed by atoms with E-state index >= 15 is 0 Å². The molecule has 0 aliphatic carbocycles. The van der Waals surface area contributed by atoms with Crippen LogP contribution in [0.25, 0.3) is 0 Å². The summed E-state index contributed by atoms with van der Waals surface area (Å²) in [6, 6.07) is 8.76. The number of nitrogens with one attached hydrogen (secondary N) is 3. The maximum atomic E-state index is 5.84. The van der Waals surface area contributed by atoms with Gasteiger partial charge in [-0.05, 0) is 31.0 Å². The Morgan fingerprint density at radius 3 is 2.79 bits per heavy atom. The minimum absolute atomic E-state index is 0.0501. The molecule has 3 atom stereocenters. The number of benzene rings is 1. The summed E-state index contributed by atoms with van der Waals surface area (Å²) >= 11 is 0. The van der Waals surface area contributed by atoms with Crippen molar-refractivity contribution in [3.63, 3.8) is 0 Å². The van der Waals surface area contributed by atoms with Crippen molar-refractivity contribution < 1.29 is 4.74 Å². The van der Waals surface area contributed by atoms with Gasteiger partial charge < -0.3 is 4.74 Å². The Morgan fingerprint density at radius 1 is 1.25 bits per heavy atom. The molecule has 3 rings (SSSR count). The van der Waals surface area contributed by atoms with Gasteiger partial charge in [-0.15, -0.1) is 0 Å². The lowest BCUT2D eigenvalue weighted by atomic mass is 10.1. The smallest absolute Gasteiger partial charge is 0.134 e. The minimum atomic E-state index is 0.0501. The largest absolute Gasteiger partial charge is 0.355 e. The van der Waals surface area contributed by atoms with Crippen molar-refractivity contribution in [3.8, 4) is 0 Å². The van der Waals surface area contributed by atoms with Crippen molar-refractivity contribution in [3.05, 3.63) is 35.4 Å². The summed E-state index contributed by atoms with van der Waals surface area (Å²) in [5.41, 5.74) is 2.53. The Kier molecular flexibility index (Phi) is 6.63.